The number of hydrogen-bond donors (Lipinski definition) is 0. The van der Waals surface area contributed by atoms with Crippen LogP contribution in [0.15, 0.2) is 11.5 Å². The van der Waals surface area contributed by atoms with Gasteiger partial charge in [0.05, 0.1) is 0 Å². The Hall–Kier alpha value is -0.660. The predicted molar refractivity (Wildman–Crippen MR) is 39.5 cm³/mol. The van der Waals surface area contributed by atoms with E-state index in [1.807, 2.05) is 27.7 Å². The van der Waals surface area contributed by atoms with Gasteiger partial charge in [0.1, 0.15) is 23.7 Å². The third kappa shape index (κ3) is 1.25. The highest BCUT2D eigenvalue weighted by Gasteiger charge is 2.21. The van der Waals surface area contributed by atoms with Gasteiger partial charge in [-0.1, -0.05) is 0 Å². The molecule has 1 aliphatic rings. The van der Waals surface area contributed by atoms with Gasteiger partial charge < -0.3 is 9.47 Å². The van der Waals surface area contributed by atoms with Gasteiger partial charge >= 0.3 is 0 Å². The van der Waals surface area contributed by atoms with Crippen molar-refractivity contribution in [3.05, 3.63) is 11.5 Å². The van der Waals surface area contributed by atoms with Crippen LogP contribution in [-0.4, -0.2) is 12.2 Å². The van der Waals surface area contributed by atoms with E-state index < -0.39 is 0 Å². The summed E-state index contributed by atoms with van der Waals surface area (Å²) >= 11 is 0. The minimum absolute atomic E-state index is 0.184. The molecular formula is C8H14O2. The minimum Gasteiger partial charge on any atom is -0.488 e. The van der Waals surface area contributed by atoms with Crippen molar-refractivity contribution < 1.29 is 9.47 Å². The minimum atomic E-state index is 0.184. The van der Waals surface area contributed by atoms with Gasteiger partial charge in [0.15, 0.2) is 0 Å². The highest BCUT2D eigenvalue weighted by atomic mass is 16.6. The largest absolute Gasteiger partial charge is 0.488 e. The average Bonchev–Trinajstić information content (AvgIpc) is 1.84. The Labute approximate surface area is 61.8 Å². The van der Waals surface area contributed by atoms with Crippen LogP contribution in [0.3, 0.4) is 0 Å². The molecule has 0 aromatic rings. The highest BCUT2D eigenvalue weighted by Crippen LogP contribution is 2.20. The molecule has 58 valence electrons. The maximum Gasteiger partial charge on any atom is 0.132 e. The molecule has 0 amide bonds. The van der Waals surface area contributed by atoms with Gasteiger partial charge in [-0.25, -0.2) is 0 Å². The van der Waals surface area contributed by atoms with E-state index in [2.05, 4.69) is 0 Å². The Morgan fingerprint density at radius 1 is 0.900 bits per heavy atom. The fourth-order valence-corrected chi connectivity index (χ4v) is 0.915. The summed E-state index contributed by atoms with van der Waals surface area (Å²) in [6.07, 6.45) is 0.368. The van der Waals surface area contributed by atoms with Crippen molar-refractivity contribution in [1.82, 2.24) is 0 Å². The molecule has 0 spiro atoms. The van der Waals surface area contributed by atoms with Crippen LogP contribution in [0.5, 0.6) is 0 Å². The number of rotatable bonds is 0. The molecule has 2 nitrogen and oxygen atoms in total. The van der Waals surface area contributed by atoms with Crippen molar-refractivity contribution in [3.63, 3.8) is 0 Å². The van der Waals surface area contributed by atoms with Gasteiger partial charge in [-0.05, 0) is 27.7 Å². The van der Waals surface area contributed by atoms with Crippen LogP contribution in [0.25, 0.3) is 0 Å². The van der Waals surface area contributed by atoms with Crippen LogP contribution in [0, 0.1) is 0 Å². The van der Waals surface area contributed by atoms with Crippen LogP contribution < -0.4 is 0 Å². The molecule has 0 saturated carbocycles. The molecule has 0 aromatic heterocycles. The van der Waals surface area contributed by atoms with Crippen LogP contribution in [0.2, 0.25) is 0 Å². The Bertz CT molecular complexity index is 143. The molecular weight excluding hydrogens is 128 g/mol. The van der Waals surface area contributed by atoms with E-state index in [1.54, 1.807) is 0 Å². The molecule has 0 radical (unpaired) electrons. The van der Waals surface area contributed by atoms with Crippen LogP contribution >= 0.6 is 0 Å². The van der Waals surface area contributed by atoms with Crippen LogP contribution in [0.1, 0.15) is 27.7 Å². The zero-order valence-electron chi connectivity index (χ0n) is 6.97. The van der Waals surface area contributed by atoms with Gasteiger partial charge in [0.25, 0.3) is 0 Å². The Balaban J connectivity index is 2.69. The SMILES string of the molecule is CC1=C(C)O[C@H](C)[C@H](C)O1. The summed E-state index contributed by atoms with van der Waals surface area (Å²) in [4.78, 5) is 0. The molecule has 0 fully saturated rings. The van der Waals surface area contributed by atoms with E-state index in [1.165, 1.54) is 0 Å². The zero-order chi connectivity index (χ0) is 7.72. The van der Waals surface area contributed by atoms with Crippen molar-refractivity contribution in [1.29, 1.82) is 0 Å². The lowest BCUT2D eigenvalue weighted by molar-refractivity contribution is -0.0438. The summed E-state index contributed by atoms with van der Waals surface area (Å²) in [6, 6.07) is 0. The molecule has 2 heteroatoms. The van der Waals surface area contributed by atoms with Gasteiger partial charge in [0, 0.05) is 0 Å². The Morgan fingerprint density at radius 2 is 1.20 bits per heavy atom. The Kier molecular flexibility index (Phi) is 1.88. The number of allylic oxidation sites excluding steroid dienone is 2. The first-order chi connectivity index (χ1) is 4.61. The van der Waals surface area contributed by atoms with Gasteiger partial charge in [-0.15, -0.1) is 0 Å². The van der Waals surface area contributed by atoms with Crippen molar-refractivity contribution in [2.24, 2.45) is 0 Å². The summed E-state index contributed by atoms with van der Waals surface area (Å²) in [5.74, 6) is 1.82. The van der Waals surface area contributed by atoms with Crippen LogP contribution in [0.4, 0.5) is 0 Å². The van der Waals surface area contributed by atoms with Crippen molar-refractivity contribution in [2.75, 3.05) is 0 Å². The topological polar surface area (TPSA) is 18.5 Å². The van der Waals surface area contributed by atoms with Gasteiger partial charge in [-0.3, -0.25) is 0 Å². The summed E-state index contributed by atoms with van der Waals surface area (Å²) in [6.45, 7) is 7.89. The first-order valence-electron chi connectivity index (χ1n) is 3.62. The smallest absolute Gasteiger partial charge is 0.132 e. The van der Waals surface area contributed by atoms with E-state index >= 15 is 0 Å². The van der Waals surface area contributed by atoms with Crippen molar-refractivity contribution >= 4 is 0 Å². The third-order valence-corrected chi connectivity index (χ3v) is 1.88. The van der Waals surface area contributed by atoms with E-state index in [-0.39, 0.29) is 12.2 Å². The Morgan fingerprint density at radius 3 is 1.50 bits per heavy atom. The highest BCUT2D eigenvalue weighted by molar-refractivity contribution is 4.99. The zero-order valence-corrected chi connectivity index (χ0v) is 6.97. The standard InChI is InChI=1S/C8H14O2/c1-5-6(2)10-8(4)7(3)9-5/h5-6H,1-4H3/t5-,6+. The lowest BCUT2D eigenvalue weighted by atomic mass is 10.2. The number of hydrogen-bond acceptors (Lipinski definition) is 2. The quantitative estimate of drug-likeness (QED) is 0.515. The molecule has 0 bridgehead atoms. The molecule has 10 heavy (non-hydrogen) atoms. The first kappa shape index (κ1) is 7.45. The van der Waals surface area contributed by atoms with Crippen molar-refractivity contribution in [3.8, 4) is 0 Å². The van der Waals surface area contributed by atoms with E-state index in [0.717, 1.165) is 11.5 Å². The van der Waals surface area contributed by atoms with E-state index in [9.17, 15) is 0 Å². The van der Waals surface area contributed by atoms with Crippen LogP contribution in [-0.2, 0) is 9.47 Å². The molecule has 0 N–H and O–H groups in total. The number of ether oxygens (including phenoxy) is 2. The maximum atomic E-state index is 5.47. The monoisotopic (exact) mass is 142 g/mol. The second kappa shape index (κ2) is 2.52. The summed E-state index contributed by atoms with van der Waals surface area (Å²) < 4.78 is 10.9. The average molecular weight is 142 g/mol. The fraction of sp³-hybridized carbons (Fsp3) is 0.750. The van der Waals surface area contributed by atoms with E-state index in [4.69, 9.17) is 9.47 Å². The second-order valence-electron chi connectivity index (χ2n) is 2.76. The molecule has 0 unspecified atom stereocenters. The molecule has 1 rings (SSSR count). The lowest BCUT2D eigenvalue weighted by Crippen LogP contribution is -2.29. The normalized spacial score (nSPS) is 33.2. The van der Waals surface area contributed by atoms with E-state index in [0.29, 0.717) is 0 Å². The summed E-state index contributed by atoms with van der Waals surface area (Å²) in [5.41, 5.74) is 0. The molecule has 0 aliphatic carbocycles. The van der Waals surface area contributed by atoms with Gasteiger partial charge in [-0.2, -0.15) is 0 Å². The van der Waals surface area contributed by atoms with Gasteiger partial charge in [0.2, 0.25) is 0 Å². The lowest BCUT2D eigenvalue weighted by Gasteiger charge is -2.29. The molecule has 0 aromatic carbocycles. The molecule has 1 heterocycles. The van der Waals surface area contributed by atoms with Crippen molar-refractivity contribution in [2.45, 2.75) is 39.9 Å². The third-order valence-electron chi connectivity index (χ3n) is 1.88. The second-order valence-corrected chi connectivity index (χ2v) is 2.76. The predicted octanol–water partition coefficient (Wildman–Crippen LogP) is 2.06. The fourth-order valence-electron chi connectivity index (χ4n) is 0.915. The maximum absolute atomic E-state index is 5.47. The molecule has 0 saturated heterocycles. The molecule has 2 atom stereocenters. The first-order valence-corrected chi connectivity index (χ1v) is 3.62. The molecule has 1 aliphatic heterocycles. The summed E-state index contributed by atoms with van der Waals surface area (Å²) in [7, 11) is 0. The summed E-state index contributed by atoms with van der Waals surface area (Å²) in [5, 5.41) is 0.